The van der Waals surface area contributed by atoms with Crippen molar-refractivity contribution in [2.24, 2.45) is 5.92 Å². The number of anilines is 1. The maximum Gasteiger partial charge on any atom is 0.223 e. The van der Waals surface area contributed by atoms with Crippen molar-refractivity contribution >= 4 is 22.4 Å². The van der Waals surface area contributed by atoms with E-state index in [1.54, 1.807) is 11.3 Å². The average Bonchev–Trinajstić information content (AvgIpc) is 2.44. The van der Waals surface area contributed by atoms with E-state index in [0.29, 0.717) is 0 Å². The van der Waals surface area contributed by atoms with Crippen molar-refractivity contribution in [1.29, 1.82) is 0 Å². The summed E-state index contributed by atoms with van der Waals surface area (Å²) in [5.74, 6) is 0.720. The van der Waals surface area contributed by atoms with Gasteiger partial charge in [-0.3, -0.25) is 4.79 Å². The van der Waals surface area contributed by atoms with Crippen LogP contribution in [0.5, 0.6) is 0 Å². The molecule has 2 rings (SSSR count). The number of hydrogen-bond acceptors (Lipinski definition) is 3. The molecule has 0 saturated carbocycles. The maximum absolute atomic E-state index is 10.8. The number of nitrogens with one attached hydrogen (secondary N) is 1. The summed E-state index contributed by atoms with van der Waals surface area (Å²) < 4.78 is 0. The first-order valence-electron chi connectivity index (χ1n) is 4.91. The highest BCUT2D eigenvalue weighted by atomic mass is 32.1. The molecule has 0 bridgehead atoms. The minimum atomic E-state index is -0.0378. The van der Waals surface area contributed by atoms with E-state index >= 15 is 0 Å². The van der Waals surface area contributed by atoms with Gasteiger partial charge in [0.1, 0.15) is 0 Å². The molecule has 0 saturated heterocycles. The third-order valence-electron chi connectivity index (χ3n) is 2.47. The third-order valence-corrected chi connectivity index (χ3v) is 3.50. The van der Waals surface area contributed by atoms with E-state index in [1.807, 2.05) is 0 Å². The Hall–Kier alpha value is -0.900. The number of carbonyl (C=O) groups excluding carboxylic acids is 1. The third kappa shape index (κ3) is 1.95. The van der Waals surface area contributed by atoms with Crippen LogP contribution in [0.4, 0.5) is 5.13 Å². The molecule has 76 valence electrons. The van der Waals surface area contributed by atoms with E-state index in [0.717, 1.165) is 23.9 Å². The van der Waals surface area contributed by atoms with Crippen LogP contribution in [0, 0.1) is 5.92 Å². The lowest BCUT2D eigenvalue weighted by molar-refractivity contribution is -0.114. The fraction of sp³-hybridized carbons (Fsp3) is 0.600. The molecule has 0 fully saturated rings. The molecule has 0 spiro atoms. The number of aryl methyl sites for hydroxylation is 1. The molecule has 0 aromatic carbocycles. The summed E-state index contributed by atoms with van der Waals surface area (Å²) in [6.07, 6.45) is 3.40. The van der Waals surface area contributed by atoms with Gasteiger partial charge < -0.3 is 5.32 Å². The van der Waals surface area contributed by atoms with Crippen molar-refractivity contribution in [3.8, 4) is 0 Å². The molecule has 1 atom stereocenters. The number of nitrogens with zero attached hydrogens (tertiary/aromatic N) is 1. The van der Waals surface area contributed by atoms with Crippen LogP contribution in [0.15, 0.2) is 0 Å². The van der Waals surface area contributed by atoms with Crippen LogP contribution in [0.3, 0.4) is 0 Å². The predicted molar refractivity (Wildman–Crippen MR) is 57.6 cm³/mol. The van der Waals surface area contributed by atoms with Crippen LogP contribution in [0.2, 0.25) is 0 Å². The van der Waals surface area contributed by atoms with Gasteiger partial charge in [-0.1, -0.05) is 6.92 Å². The molecule has 1 unspecified atom stereocenters. The largest absolute Gasteiger partial charge is 0.302 e. The SMILES string of the molecule is CC(=O)Nc1nc2c(s1)CC(C)CC2. The summed E-state index contributed by atoms with van der Waals surface area (Å²) in [6, 6.07) is 0. The Labute approximate surface area is 87.6 Å². The Morgan fingerprint density at radius 2 is 2.43 bits per heavy atom. The van der Waals surface area contributed by atoms with Gasteiger partial charge in [-0.05, 0) is 25.2 Å². The zero-order valence-electron chi connectivity index (χ0n) is 8.46. The second-order valence-electron chi connectivity index (χ2n) is 3.92. The topological polar surface area (TPSA) is 42.0 Å². The highest BCUT2D eigenvalue weighted by Crippen LogP contribution is 2.31. The number of hydrogen-bond donors (Lipinski definition) is 1. The van der Waals surface area contributed by atoms with Gasteiger partial charge in [0.25, 0.3) is 0 Å². The van der Waals surface area contributed by atoms with Crippen molar-refractivity contribution in [2.75, 3.05) is 5.32 Å². The first-order valence-corrected chi connectivity index (χ1v) is 5.73. The summed E-state index contributed by atoms with van der Waals surface area (Å²) in [4.78, 5) is 16.6. The van der Waals surface area contributed by atoms with Crippen LogP contribution in [-0.2, 0) is 17.6 Å². The lowest BCUT2D eigenvalue weighted by Crippen LogP contribution is -2.09. The quantitative estimate of drug-likeness (QED) is 0.772. The molecule has 1 aliphatic rings. The second kappa shape index (κ2) is 3.69. The first kappa shape index (κ1) is 9.65. The molecule has 14 heavy (non-hydrogen) atoms. The van der Waals surface area contributed by atoms with Gasteiger partial charge in [-0.15, -0.1) is 11.3 Å². The molecule has 1 amide bonds. The molecule has 3 nitrogen and oxygen atoms in total. The highest BCUT2D eigenvalue weighted by molar-refractivity contribution is 7.15. The van der Waals surface area contributed by atoms with Gasteiger partial charge in [0, 0.05) is 11.8 Å². The molecule has 0 radical (unpaired) electrons. The van der Waals surface area contributed by atoms with Crippen molar-refractivity contribution < 1.29 is 4.79 Å². The van der Waals surface area contributed by atoms with Gasteiger partial charge >= 0.3 is 0 Å². The first-order chi connectivity index (χ1) is 6.65. The molecular weight excluding hydrogens is 196 g/mol. The van der Waals surface area contributed by atoms with E-state index in [9.17, 15) is 4.79 Å². The fourth-order valence-corrected chi connectivity index (χ4v) is 2.96. The smallest absolute Gasteiger partial charge is 0.223 e. The number of rotatable bonds is 1. The summed E-state index contributed by atoms with van der Waals surface area (Å²) in [5, 5.41) is 3.51. The normalized spacial score (nSPS) is 20.3. The van der Waals surface area contributed by atoms with E-state index in [-0.39, 0.29) is 5.91 Å². The van der Waals surface area contributed by atoms with E-state index in [1.165, 1.54) is 23.9 Å². The Morgan fingerprint density at radius 3 is 3.14 bits per heavy atom. The molecular formula is C10H14N2OS. The molecule has 1 heterocycles. The minimum Gasteiger partial charge on any atom is -0.302 e. The van der Waals surface area contributed by atoms with Crippen LogP contribution in [-0.4, -0.2) is 10.9 Å². The molecule has 1 aromatic heterocycles. The van der Waals surface area contributed by atoms with Crippen LogP contribution in [0.25, 0.3) is 0 Å². The van der Waals surface area contributed by atoms with Crippen molar-refractivity contribution in [3.05, 3.63) is 10.6 Å². The zero-order valence-corrected chi connectivity index (χ0v) is 9.28. The van der Waals surface area contributed by atoms with Gasteiger partial charge in [-0.25, -0.2) is 4.98 Å². The van der Waals surface area contributed by atoms with Gasteiger partial charge in [0.15, 0.2) is 5.13 Å². The van der Waals surface area contributed by atoms with Crippen LogP contribution >= 0.6 is 11.3 Å². The number of carbonyl (C=O) groups is 1. The summed E-state index contributed by atoms with van der Waals surface area (Å²) >= 11 is 1.62. The van der Waals surface area contributed by atoms with Crippen molar-refractivity contribution in [1.82, 2.24) is 4.98 Å². The summed E-state index contributed by atoms with van der Waals surface area (Å²) in [7, 11) is 0. The van der Waals surface area contributed by atoms with E-state index < -0.39 is 0 Å². The van der Waals surface area contributed by atoms with Gasteiger partial charge in [0.2, 0.25) is 5.91 Å². The predicted octanol–water partition coefficient (Wildman–Crippen LogP) is 2.23. The van der Waals surface area contributed by atoms with Crippen LogP contribution in [0.1, 0.15) is 30.8 Å². The lowest BCUT2D eigenvalue weighted by Gasteiger charge is -2.15. The van der Waals surface area contributed by atoms with Crippen molar-refractivity contribution in [2.45, 2.75) is 33.1 Å². The van der Waals surface area contributed by atoms with E-state index in [4.69, 9.17) is 0 Å². The Bertz CT molecular complexity index is 359. The number of fused-ring (bicyclic) bond motifs is 1. The summed E-state index contributed by atoms with van der Waals surface area (Å²) in [6.45, 7) is 3.78. The number of amides is 1. The minimum absolute atomic E-state index is 0.0378. The molecule has 1 N–H and O–H groups in total. The Balaban J connectivity index is 2.19. The summed E-state index contributed by atoms with van der Waals surface area (Å²) in [5.41, 5.74) is 1.19. The fourth-order valence-electron chi connectivity index (χ4n) is 1.74. The van der Waals surface area contributed by atoms with Gasteiger partial charge in [-0.2, -0.15) is 0 Å². The van der Waals surface area contributed by atoms with Crippen molar-refractivity contribution in [3.63, 3.8) is 0 Å². The number of thiazole rings is 1. The average molecular weight is 210 g/mol. The molecule has 1 aromatic rings. The lowest BCUT2D eigenvalue weighted by atomic mass is 9.93. The van der Waals surface area contributed by atoms with Crippen LogP contribution < -0.4 is 5.32 Å². The number of aromatic nitrogens is 1. The second-order valence-corrected chi connectivity index (χ2v) is 5.00. The van der Waals surface area contributed by atoms with E-state index in [2.05, 4.69) is 17.2 Å². The molecule has 1 aliphatic carbocycles. The monoisotopic (exact) mass is 210 g/mol. The zero-order chi connectivity index (χ0) is 10.1. The molecule has 0 aliphatic heterocycles. The standard InChI is InChI=1S/C10H14N2OS/c1-6-3-4-8-9(5-6)14-10(12-8)11-7(2)13/h6H,3-5H2,1-2H3,(H,11,12,13). The highest BCUT2D eigenvalue weighted by Gasteiger charge is 2.19. The molecule has 4 heteroatoms. The van der Waals surface area contributed by atoms with Gasteiger partial charge in [0.05, 0.1) is 5.69 Å². The Kier molecular flexibility index (Phi) is 2.54. The Morgan fingerprint density at radius 1 is 1.64 bits per heavy atom. The maximum atomic E-state index is 10.8.